The van der Waals surface area contributed by atoms with Gasteiger partial charge < -0.3 is 15.0 Å². The SMILES string of the molecule is CC(C)(C)OC(=O)NCc1ccc2c(c1)CN(C1CC(=O)NC1=O)C2=O. The zero-order chi connectivity index (χ0) is 19.1. The van der Waals surface area contributed by atoms with Crippen molar-refractivity contribution in [3.8, 4) is 0 Å². The molecule has 2 N–H and O–H groups in total. The van der Waals surface area contributed by atoms with Crippen LogP contribution in [0.1, 0.15) is 48.7 Å². The maximum atomic E-state index is 12.5. The van der Waals surface area contributed by atoms with Gasteiger partial charge in [0.2, 0.25) is 11.8 Å². The molecule has 8 nitrogen and oxygen atoms in total. The highest BCUT2D eigenvalue weighted by Crippen LogP contribution is 2.28. The van der Waals surface area contributed by atoms with Crippen LogP contribution >= 0.6 is 0 Å². The molecule has 0 saturated carbocycles. The van der Waals surface area contributed by atoms with E-state index in [9.17, 15) is 19.2 Å². The molecule has 138 valence electrons. The summed E-state index contributed by atoms with van der Waals surface area (Å²) < 4.78 is 5.19. The van der Waals surface area contributed by atoms with Crippen LogP contribution in [-0.2, 0) is 27.4 Å². The number of carbonyl (C=O) groups excluding carboxylic acids is 4. The van der Waals surface area contributed by atoms with Gasteiger partial charge in [-0.25, -0.2) is 4.79 Å². The van der Waals surface area contributed by atoms with Gasteiger partial charge in [-0.15, -0.1) is 0 Å². The molecule has 0 bridgehead atoms. The van der Waals surface area contributed by atoms with Crippen molar-refractivity contribution in [3.63, 3.8) is 0 Å². The molecule has 0 radical (unpaired) electrons. The Balaban J connectivity index is 1.67. The molecular formula is C18H21N3O5. The Morgan fingerprint density at radius 1 is 1.31 bits per heavy atom. The van der Waals surface area contributed by atoms with Gasteiger partial charge in [0.15, 0.2) is 0 Å². The number of imide groups is 1. The van der Waals surface area contributed by atoms with Crippen molar-refractivity contribution in [2.24, 2.45) is 0 Å². The second-order valence-electron chi connectivity index (χ2n) is 7.41. The van der Waals surface area contributed by atoms with Gasteiger partial charge in [0.25, 0.3) is 5.91 Å². The Morgan fingerprint density at radius 3 is 2.65 bits per heavy atom. The number of hydrogen-bond donors (Lipinski definition) is 2. The summed E-state index contributed by atoms with van der Waals surface area (Å²) in [5, 5.41) is 4.89. The lowest BCUT2D eigenvalue weighted by molar-refractivity contribution is -0.126. The second kappa shape index (κ2) is 6.44. The average Bonchev–Trinajstić information content (AvgIpc) is 3.02. The molecular weight excluding hydrogens is 338 g/mol. The number of hydrogen-bond acceptors (Lipinski definition) is 5. The number of carbonyl (C=O) groups is 4. The predicted octanol–water partition coefficient (Wildman–Crippen LogP) is 1.08. The van der Waals surface area contributed by atoms with E-state index in [0.717, 1.165) is 11.1 Å². The second-order valence-corrected chi connectivity index (χ2v) is 7.41. The molecule has 0 aliphatic carbocycles. The third-order valence-electron chi connectivity index (χ3n) is 4.16. The quantitative estimate of drug-likeness (QED) is 0.786. The first-order valence-corrected chi connectivity index (χ1v) is 8.37. The minimum atomic E-state index is -0.759. The van der Waals surface area contributed by atoms with Gasteiger partial charge in [-0.1, -0.05) is 12.1 Å². The number of alkyl carbamates (subject to hydrolysis) is 1. The molecule has 0 spiro atoms. The van der Waals surface area contributed by atoms with Gasteiger partial charge in [0.1, 0.15) is 11.6 Å². The minimum absolute atomic E-state index is 0.00831. The standard InChI is InChI=1S/C18H21N3O5/c1-18(2,3)26-17(25)19-8-10-4-5-12-11(6-10)9-21(16(12)24)13-7-14(22)20-15(13)23/h4-6,13H,7-9H2,1-3H3,(H,19,25)(H,20,22,23). The van der Waals surface area contributed by atoms with Gasteiger partial charge in [-0.3, -0.25) is 19.7 Å². The van der Waals surface area contributed by atoms with Crippen molar-refractivity contribution in [2.45, 2.75) is 51.9 Å². The zero-order valence-corrected chi connectivity index (χ0v) is 14.9. The van der Waals surface area contributed by atoms with E-state index in [1.165, 1.54) is 4.90 Å². The van der Waals surface area contributed by atoms with Crippen molar-refractivity contribution in [1.29, 1.82) is 0 Å². The Hall–Kier alpha value is -2.90. The lowest BCUT2D eigenvalue weighted by Crippen LogP contribution is -2.40. The van der Waals surface area contributed by atoms with Crippen LogP contribution in [0, 0.1) is 0 Å². The monoisotopic (exact) mass is 359 g/mol. The number of ether oxygens (including phenoxy) is 1. The largest absolute Gasteiger partial charge is 0.444 e. The fraction of sp³-hybridized carbons (Fsp3) is 0.444. The van der Waals surface area contributed by atoms with Gasteiger partial charge in [0, 0.05) is 18.7 Å². The van der Waals surface area contributed by atoms with Crippen molar-refractivity contribution in [2.75, 3.05) is 0 Å². The van der Waals surface area contributed by atoms with Crippen LogP contribution in [-0.4, -0.2) is 40.4 Å². The average molecular weight is 359 g/mol. The van der Waals surface area contributed by atoms with Crippen LogP contribution in [0.25, 0.3) is 0 Å². The highest BCUT2D eigenvalue weighted by Gasteiger charge is 2.41. The zero-order valence-electron chi connectivity index (χ0n) is 14.9. The Bertz CT molecular complexity index is 797. The maximum absolute atomic E-state index is 12.5. The van der Waals surface area contributed by atoms with Crippen LogP contribution in [0.15, 0.2) is 18.2 Å². The molecule has 1 fully saturated rings. The molecule has 2 aliphatic heterocycles. The maximum Gasteiger partial charge on any atom is 0.407 e. The van der Waals surface area contributed by atoms with Crippen LogP contribution in [0.5, 0.6) is 0 Å². The van der Waals surface area contributed by atoms with Crippen LogP contribution < -0.4 is 10.6 Å². The normalized spacial score (nSPS) is 19.4. The van der Waals surface area contributed by atoms with Gasteiger partial charge >= 0.3 is 6.09 Å². The molecule has 1 aromatic carbocycles. The summed E-state index contributed by atoms with van der Waals surface area (Å²) in [7, 11) is 0. The summed E-state index contributed by atoms with van der Waals surface area (Å²) >= 11 is 0. The van der Waals surface area contributed by atoms with Crippen LogP contribution in [0.4, 0.5) is 4.79 Å². The smallest absolute Gasteiger partial charge is 0.407 e. The summed E-state index contributed by atoms with van der Waals surface area (Å²) in [6, 6.07) is 4.49. The number of rotatable bonds is 3. The number of benzene rings is 1. The van der Waals surface area contributed by atoms with Crippen LogP contribution in [0.2, 0.25) is 0 Å². The van der Waals surface area contributed by atoms with E-state index in [0.29, 0.717) is 5.56 Å². The molecule has 2 heterocycles. The van der Waals surface area contributed by atoms with E-state index in [2.05, 4.69) is 10.6 Å². The molecule has 1 aromatic rings. The van der Waals surface area contributed by atoms with E-state index in [-0.39, 0.29) is 31.3 Å². The molecule has 2 aliphatic rings. The third kappa shape index (κ3) is 3.68. The molecule has 26 heavy (non-hydrogen) atoms. The first-order chi connectivity index (χ1) is 12.1. The summed E-state index contributed by atoms with van der Waals surface area (Å²) in [6.45, 7) is 5.88. The molecule has 1 unspecified atom stereocenters. The van der Waals surface area contributed by atoms with E-state index in [4.69, 9.17) is 4.74 Å². The number of nitrogens with one attached hydrogen (secondary N) is 2. The van der Waals surface area contributed by atoms with Crippen molar-refractivity contribution >= 4 is 23.8 Å². The van der Waals surface area contributed by atoms with E-state index < -0.39 is 23.6 Å². The lowest BCUT2D eigenvalue weighted by atomic mass is 10.1. The van der Waals surface area contributed by atoms with E-state index >= 15 is 0 Å². The summed E-state index contributed by atoms with van der Waals surface area (Å²) in [4.78, 5) is 48.9. The summed E-state index contributed by atoms with van der Waals surface area (Å²) in [5.41, 5.74) is 1.52. The van der Waals surface area contributed by atoms with E-state index in [1.807, 2.05) is 6.07 Å². The number of amides is 4. The fourth-order valence-corrected chi connectivity index (χ4v) is 3.04. The van der Waals surface area contributed by atoms with Gasteiger partial charge in [0.05, 0.1) is 6.42 Å². The Labute approximate surface area is 150 Å². The number of fused-ring (bicyclic) bond motifs is 1. The number of nitrogens with zero attached hydrogens (tertiary/aromatic N) is 1. The highest BCUT2D eigenvalue weighted by molar-refractivity contribution is 6.09. The molecule has 0 aromatic heterocycles. The molecule has 3 rings (SSSR count). The van der Waals surface area contributed by atoms with Crippen molar-refractivity contribution in [3.05, 3.63) is 34.9 Å². The lowest BCUT2D eigenvalue weighted by Gasteiger charge is -2.20. The Morgan fingerprint density at radius 2 is 2.04 bits per heavy atom. The van der Waals surface area contributed by atoms with Crippen molar-refractivity contribution in [1.82, 2.24) is 15.5 Å². The third-order valence-corrected chi connectivity index (χ3v) is 4.16. The Kier molecular flexibility index (Phi) is 4.43. The van der Waals surface area contributed by atoms with Crippen molar-refractivity contribution < 1.29 is 23.9 Å². The molecule has 8 heteroatoms. The van der Waals surface area contributed by atoms with Crippen LogP contribution in [0.3, 0.4) is 0 Å². The topological polar surface area (TPSA) is 105 Å². The first kappa shape index (κ1) is 17.9. The molecule has 1 atom stereocenters. The minimum Gasteiger partial charge on any atom is -0.444 e. The predicted molar refractivity (Wildman–Crippen MR) is 90.9 cm³/mol. The molecule has 1 saturated heterocycles. The fourth-order valence-electron chi connectivity index (χ4n) is 3.04. The van der Waals surface area contributed by atoms with E-state index in [1.54, 1.807) is 32.9 Å². The molecule has 4 amide bonds. The summed E-state index contributed by atoms with van der Waals surface area (Å²) in [5.74, 6) is -1.07. The summed E-state index contributed by atoms with van der Waals surface area (Å²) in [6.07, 6.45) is -0.525. The first-order valence-electron chi connectivity index (χ1n) is 8.37. The highest BCUT2D eigenvalue weighted by atomic mass is 16.6. The van der Waals surface area contributed by atoms with Gasteiger partial charge in [-0.05, 0) is 38.0 Å². The van der Waals surface area contributed by atoms with Gasteiger partial charge in [-0.2, -0.15) is 0 Å².